The molecule has 5 nitrogen and oxygen atoms in total. The molecule has 1 aromatic carbocycles. The van der Waals surface area contributed by atoms with Crippen LogP contribution in [0.2, 0.25) is 0 Å². The molecule has 0 bridgehead atoms. The van der Waals surface area contributed by atoms with E-state index in [1.807, 2.05) is 0 Å². The fourth-order valence-corrected chi connectivity index (χ4v) is 1.89. The number of rotatable bonds is 4. The van der Waals surface area contributed by atoms with E-state index in [2.05, 4.69) is 0 Å². The lowest BCUT2D eigenvalue weighted by Crippen LogP contribution is -2.08. The van der Waals surface area contributed by atoms with Gasteiger partial charge >= 0.3 is 12.1 Å². The van der Waals surface area contributed by atoms with Crippen molar-refractivity contribution in [2.75, 3.05) is 5.75 Å². The summed E-state index contributed by atoms with van der Waals surface area (Å²) in [6.45, 7) is 0. The lowest BCUT2D eigenvalue weighted by Gasteiger charge is -2.11. The molecule has 18 heavy (non-hydrogen) atoms. The van der Waals surface area contributed by atoms with Crippen LogP contribution in [-0.4, -0.2) is 21.8 Å². The number of nitro groups is 1. The van der Waals surface area contributed by atoms with Crippen molar-refractivity contribution in [1.29, 1.82) is 0 Å². The largest absolute Gasteiger partial charge is 0.481 e. The maximum absolute atomic E-state index is 12.6. The van der Waals surface area contributed by atoms with Crippen LogP contribution in [0.1, 0.15) is 5.56 Å². The van der Waals surface area contributed by atoms with Crippen molar-refractivity contribution in [2.45, 2.75) is 11.1 Å². The Bertz CT molecular complexity index is 489. The van der Waals surface area contributed by atoms with Crippen LogP contribution in [0.5, 0.6) is 0 Å². The Morgan fingerprint density at radius 1 is 1.44 bits per heavy atom. The van der Waals surface area contributed by atoms with Crippen molar-refractivity contribution in [3.05, 3.63) is 33.9 Å². The van der Waals surface area contributed by atoms with Crippen molar-refractivity contribution in [3.8, 4) is 0 Å². The van der Waals surface area contributed by atoms with Crippen molar-refractivity contribution >= 4 is 23.4 Å². The maximum Gasteiger partial charge on any atom is 0.417 e. The summed E-state index contributed by atoms with van der Waals surface area (Å²) in [6, 6.07) is 2.19. The van der Waals surface area contributed by atoms with Crippen molar-refractivity contribution in [1.82, 2.24) is 0 Å². The number of hydrogen-bond donors (Lipinski definition) is 1. The summed E-state index contributed by atoms with van der Waals surface area (Å²) >= 11 is 0.460. The van der Waals surface area contributed by atoms with Gasteiger partial charge in [-0.05, 0) is 6.07 Å². The number of aliphatic carboxylic acids is 1. The van der Waals surface area contributed by atoms with E-state index in [1.165, 1.54) is 0 Å². The molecule has 1 aromatic rings. The van der Waals surface area contributed by atoms with Crippen LogP contribution in [0.3, 0.4) is 0 Å². The molecule has 0 heterocycles. The van der Waals surface area contributed by atoms with Crippen LogP contribution in [-0.2, 0) is 11.0 Å². The number of carboxylic acid groups (broad SMARTS) is 1. The van der Waals surface area contributed by atoms with Gasteiger partial charge in [0.1, 0.15) is 0 Å². The number of nitro benzene ring substituents is 1. The zero-order valence-electron chi connectivity index (χ0n) is 8.60. The lowest BCUT2D eigenvalue weighted by molar-refractivity contribution is -0.385. The fourth-order valence-electron chi connectivity index (χ4n) is 1.12. The molecule has 0 saturated heterocycles. The lowest BCUT2D eigenvalue weighted by atomic mass is 10.2. The summed E-state index contributed by atoms with van der Waals surface area (Å²) in [5.74, 6) is -1.83. The van der Waals surface area contributed by atoms with Gasteiger partial charge in [-0.15, -0.1) is 11.8 Å². The molecule has 0 saturated carbocycles. The highest BCUT2D eigenvalue weighted by molar-refractivity contribution is 8.00. The first-order valence-corrected chi connectivity index (χ1v) is 5.40. The van der Waals surface area contributed by atoms with E-state index in [-0.39, 0.29) is 4.90 Å². The van der Waals surface area contributed by atoms with Gasteiger partial charge in [-0.3, -0.25) is 14.9 Å². The molecule has 9 heteroatoms. The standard InChI is InChI=1S/C9H6F3NO4S/c10-9(11,12)6-3-5(13(16)17)1-2-7(6)18-4-8(14)15/h1-3H,4H2,(H,14,15). The van der Waals surface area contributed by atoms with Crippen LogP contribution in [0, 0.1) is 10.1 Å². The summed E-state index contributed by atoms with van der Waals surface area (Å²) in [4.78, 5) is 19.4. The zero-order chi connectivity index (χ0) is 13.9. The second-order valence-corrected chi connectivity index (χ2v) is 4.13. The quantitative estimate of drug-likeness (QED) is 0.521. The van der Waals surface area contributed by atoms with Gasteiger partial charge in [0.2, 0.25) is 0 Å². The SMILES string of the molecule is O=C(O)CSc1ccc([N+](=O)[O-])cc1C(F)(F)F. The van der Waals surface area contributed by atoms with E-state index in [4.69, 9.17) is 5.11 Å². The monoisotopic (exact) mass is 281 g/mol. The Kier molecular flexibility index (Phi) is 4.17. The van der Waals surface area contributed by atoms with Crippen LogP contribution in [0.4, 0.5) is 18.9 Å². The minimum atomic E-state index is -4.77. The predicted molar refractivity (Wildman–Crippen MR) is 56.5 cm³/mol. The molecule has 0 fully saturated rings. The molecule has 0 aromatic heterocycles. The van der Waals surface area contributed by atoms with Crippen molar-refractivity contribution in [3.63, 3.8) is 0 Å². The molecule has 0 amide bonds. The van der Waals surface area contributed by atoms with Gasteiger partial charge in [0.25, 0.3) is 5.69 Å². The number of nitrogens with zero attached hydrogens (tertiary/aromatic N) is 1. The molecule has 0 spiro atoms. The molecule has 0 aliphatic heterocycles. The predicted octanol–water partition coefficient (Wildman–Crippen LogP) is 2.79. The Hall–Kier alpha value is -1.77. The number of thioether (sulfide) groups is 1. The van der Waals surface area contributed by atoms with E-state index in [1.54, 1.807) is 0 Å². The van der Waals surface area contributed by atoms with E-state index in [0.717, 1.165) is 12.1 Å². The van der Waals surface area contributed by atoms with E-state index < -0.39 is 34.1 Å². The van der Waals surface area contributed by atoms with Gasteiger partial charge in [-0.1, -0.05) is 0 Å². The maximum atomic E-state index is 12.6. The number of alkyl halides is 3. The van der Waals surface area contributed by atoms with Crippen LogP contribution in [0.25, 0.3) is 0 Å². The Balaban J connectivity index is 3.17. The molecule has 1 N–H and O–H groups in total. The zero-order valence-corrected chi connectivity index (χ0v) is 9.42. The average molecular weight is 281 g/mol. The van der Waals surface area contributed by atoms with E-state index >= 15 is 0 Å². The van der Waals surface area contributed by atoms with Gasteiger partial charge in [0, 0.05) is 17.0 Å². The second kappa shape index (κ2) is 5.25. The molecule has 98 valence electrons. The van der Waals surface area contributed by atoms with Gasteiger partial charge in [0.05, 0.1) is 16.2 Å². The Morgan fingerprint density at radius 2 is 2.06 bits per heavy atom. The number of benzene rings is 1. The molecular weight excluding hydrogens is 275 g/mol. The average Bonchev–Trinajstić information content (AvgIpc) is 2.24. The highest BCUT2D eigenvalue weighted by atomic mass is 32.2. The number of hydrogen-bond acceptors (Lipinski definition) is 4. The first kappa shape index (κ1) is 14.3. The van der Waals surface area contributed by atoms with E-state index in [9.17, 15) is 28.1 Å². The molecule has 0 aliphatic carbocycles. The number of non-ortho nitro benzene ring substituents is 1. The summed E-state index contributed by atoms with van der Waals surface area (Å²) in [5, 5.41) is 18.8. The topological polar surface area (TPSA) is 80.4 Å². The molecule has 0 aliphatic rings. The third-order valence-electron chi connectivity index (χ3n) is 1.83. The van der Waals surface area contributed by atoms with Crippen LogP contribution in [0.15, 0.2) is 23.1 Å². The normalized spacial score (nSPS) is 11.3. The van der Waals surface area contributed by atoms with E-state index in [0.29, 0.717) is 17.8 Å². The third kappa shape index (κ3) is 3.62. The molecule has 0 radical (unpaired) electrons. The van der Waals surface area contributed by atoms with Gasteiger partial charge in [0.15, 0.2) is 0 Å². The number of carbonyl (C=O) groups is 1. The molecule has 0 unspecified atom stereocenters. The minimum Gasteiger partial charge on any atom is -0.481 e. The first-order chi connectivity index (χ1) is 8.21. The van der Waals surface area contributed by atoms with Crippen LogP contribution >= 0.6 is 11.8 Å². The molecule has 1 rings (SSSR count). The van der Waals surface area contributed by atoms with Crippen LogP contribution < -0.4 is 0 Å². The summed E-state index contributed by atoms with van der Waals surface area (Å²) < 4.78 is 37.9. The van der Waals surface area contributed by atoms with Gasteiger partial charge < -0.3 is 5.11 Å². The number of halogens is 3. The molecular formula is C9H6F3NO4S. The summed E-state index contributed by atoms with van der Waals surface area (Å²) in [5.41, 5.74) is -1.90. The Morgan fingerprint density at radius 3 is 2.50 bits per heavy atom. The van der Waals surface area contributed by atoms with Gasteiger partial charge in [-0.2, -0.15) is 13.2 Å². The second-order valence-electron chi connectivity index (χ2n) is 3.12. The van der Waals surface area contributed by atoms with Crippen molar-refractivity contribution < 1.29 is 28.0 Å². The van der Waals surface area contributed by atoms with Crippen molar-refractivity contribution in [2.24, 2.45) is 0 Å². The molecule has 0 atom stereocenters. The summed E-state index contributed by atoms with van der Waals surface area (Å²) in [7, 11) is 0. The minimum absolute atomic E-state index is 0.351. The fraction of sp³-hybridized carbons (Fsp3) is 0.222. The summed E-state index contributed by atoms with van der Waals surface area (Å²) in [6.07, 6.45) is -4.77. The highest BCUT2D eigenvalue weighted by Crippen LogP contribution is 2.38. The highest BCUT2D eigenvalue weighted by Gasteiger charge is 2.35. The van der Waals surface area contributed by atoms with Gasteiger partial charge in [-0.25, -0.2) is 0 Å². The first-order valence-electron chi connectivity index (χ1n) is 4.42. The Labute approximate surface area is 103 Å². The third-order valence-corrected chi connectivity index (χ3v) is 2.89. The smallest absolute Gasteiger partial charge is 0.417 e. The number of carboxylic acids is 1.